The smallest absolute Gasteiger partial charge is 0.274 e. The van der Waals surface area contributed by atoms with E-state index in [0.29, 0.717) is 28.1 Å². The molecule has 0 saturated carbocycles. The third-order valence-electron chi connectivity index (χ3n) is 5.86. The summed E-state index contributed by atoms with van der Waals surface area (Å²) in [7, 11) is 1.54. The van der Waals surface area contributed by atoms with Crippen molar-refractivity contribution < 1.29 is 13.5 Å². The molecule has 0 aliphatic heterocycles. The molecule has 0 saturated heterocycles. The average molecular weight is 462 g/mol. The maximum absolute atomic E-state index is 14.4. The molecule has 1 aromatic heterocycles. The van der Waals surface area contributed by atoms with Gasteiger partial charge in [0, 0.05) is 18.0 Å². The highest BCUT2D eigenvalue weighted by molar-refractivity contribution is 5.68. The standard InChI is InChI=1S/C27H25F2N3O2/c1-17-25(15-21-22(28)12-7-13-23(21)29)31-32(16-24(30)18-8-4-3-5-9-18)27(33)26(17)19-10-6-11-20(14-19)34-2/h3-14,24H,15-16,30H2,1-2H3. The molecule has 5 nitrogen and oxygen atoms in total. The van der Waals surface area contributed by atoms with E-state index in [9.17, 15) is 13.6 Å². The number of rotatable bonds is 7. The van der Waals surface area contributed by atoms with Crippen LogP contribution in [0.4, 0.5) is 8.78 Å². The number of aromatic nitrogens is 2. The van der Waals surface area contributed by atoms with Gasteiger partial charge in [-0.3, -0.25) is 4.79 Å². The molecule has 0 spiro atoms. The van der Waals surface area contributed by atoms with Crippen LogP contribution in [0.2, 0.25) is 0 Å². The van der Waals surface area contributed by atoms with Crippen LogP contribution in [0.3, 0.4) is 0 Å². The summed E-state index contributed by atoms with van der Waals surface area (Å²) < 4.78 is 35.5. The molecule has 0 bridgehead atoms. The summed E-state index contributed by atoms with van der Waals surface area (Å²) in [5.41, 5.74) is 8.74. The van der Waals surface area contributed by atoms with Crippen molar-refractivity contribution in [3.05, 3.63) is 117 Å². The van der Waals surface area contributed by atoms with E-state index in [1.807, 2.05) is 30.3 Å². The number of nitrogens with two attached hydrogens (primary N) is 1. The minimum Gasteiger partial charge on any atom is -0.497 e. The van der Waals surface area contributed by atoms with Crippen LogP contribution in [0, 0.1) is 18.6 Å². The van der Waals surface area contributed by atoms with Gasteiger partial charge in [-0.1, -0.05) is 48.5 Å². The van der Waals surface area contributed by atoms with Gasteiger partial charge in [0.05, 0.1) is 24.9 Å². The fourth-order valence-electron chi connectivity index (χ4n) is 3.97. The normalized spacial score (nSPS) is 11.9. The Bertz CT molecular complexity index is 1350. The summed E-state index contributed by atoms with van der Waals surface area (Å²) in [6, 6.07) is 19.7. The second kappa shape index (κ2) is 9.97. The lowest BCUT2D eigenvalue weighted by atomic mass is 9.97. The third kappa shape index (κ3) is 4.75. The molecule has 0 fully saturated rings. The molecule has 4 rings (SSSR count). The van der Waals surface area contributed by atoms with Crippen molar-refractivity contribution in [1.29, 1.82) is 0 Å². The van der Waals surface area contributed by atoms with Crippen molar-refractivity contribution in [2.45, 2.75) is 25.9 Å². The molecule has 3 aromatic carbocycles. The molecule has 0 radical (unpaired) electrons. The molecular formula is C27H25F2N3O2. The van der Waals surface area contributed by atoms with Gasteiger partial charge in [-0.05, 0) is 47.9 Å². The number of hydrogen-bond acceptors (Lipinski definition) is 4. The molecule has 4 aromatic rings. The first-order valence-electron chi connectivity index (χ1n) is 10.9. The van der Waals surface area contributed by atoms with E-state index in [2.05, 4.69) is 5.10 Å². The topological polar surface area (TPSA) is 70.1 Å². The molecule has 2 N–H and O–H groups in total. The monoisotopic (exact) mass is 461 g/mol. The number of hydrogen-bond donors (Lipinski definition) is 1. The van der Waals surface area contributed by atoms with Crippen molar-refractivity contribution in [1.82, 2.24) is 9.78 Å². The fraction of sp³-hybridized carbons (Fsp3) is 0.185. The first-order valence-corrected chi connectivity index (χ1v) is 10.9. The Balaban J connectivity index is 1.87. The van der Waals surface area contributed by atoms with E-state index in [1.165, 1.54) is 22.9 Å². The first-order chi connectivity index (χ1) is 16.4. The lowest BCUT2D eigenvalue weighted by molar-refractivity contribution is 0.415. The van der Waals surface area contributed by atoms with Crippen LogP contribution in [0.5, 0.6) is 5.75 Å². The van der Waals surface area contributed by atoms with Crippen LogP contribution in [0.25, 0.3) is 11.1 Å². The largest absolute Gasteiger partial charge is 0.497 e. The number of benzene rings is 3. The SMILES string of the molecule is COc1cccc(-c2c(C)c(Cc3c(F)cccc3F)nn(CC(N)c3ccccc3)c2=O)c1. The van der Waals surface area contributed by atoms with E-state index in [0.717, 1.165) is 5.56 Å². The molecule has 1 atom stereocenters. The van der Waals surface area contributed by atoms with Gasteiger partial charge in [0.15, 0.2) is 0 Å². The van der Waals surface area contributed by atoms with Gasteiger partial charge in [0.2, 0.25) is 0 Å². The molecule has 34 heavy (non-hydrogen) atoms. The summed E-state index contributed by atoms with van der Waals surface area (Å²) >= 11 is 0. The predicted octanol–water partition coefficient (Wildman–Crippen LogP) is 4.80. The molecule has 174 valence electrons. The second-order valence-electron chi connectivity index (χ2n) is 8.06. The maximum atomic E-state index is 14.4. The van der Waals surface area contributed by atoms with Gasteiger partial charge in [0.25, 0.3) is 5.56 Å². The highest BCUT2D eigenvalue weighted by Crippen LogP contribution is 2.27. The molecule has 0 amide bonds. The zero-order valence-corrected chi connectivity index (χ0v) is 19.0. The van der Waals surface area contributed by atoms with Crippen LogP contribution in [-0.2, 0) is 13.0 Å². The van der Waals surface area contributed by atoms with Crippen molar-refractivity contribution in [2.75, 3.05) is 7.11 Å². The Morgan fingerprint density at radius 2 is 1.68 bits per heavy atom. The molecule has 0 aliphatic carbocycles. The highest BCUT2D eigenvalue weighted by atomic mass is 19.1. The maximum Gasteiger partial charge on any atom is 0.274 e. The zero-order valence-electron chi connectivity index (χ0n) is 19.0. The van der Waals surface area contributed by atoms with Crippen LogP contribution in [-0.4, -0.2) is 16.9 Å². The molecule has 7 heteroatoms. The molecule has 1 heterocycles. The summed E-state index contributed by atoms with van der Waals surface area (Å²) in [6.07, 6.45) is -0.109. The number of methoxy groups -OCH3 is 1. The van der Waals surface area contributed by atoms with E-state index >= 15 is 0 Å². The Labute approximate surface area is 196 Å². The van der Waals surface area contributed by atoms with Gasteiger partial charge in [-0.2, -0.15) is 5.10 Å². The van der Waals surface area contributed by atoms with E-state index in [-0.39, 0.29) is 24.1 Å². The Morgan fingerprint density at radius 3 is 2.35 bits per heavy atom. The lowest BCUT2D eigenvalue weighted by Gasteiger charge is -2.18. The Morgan fingerprint density at radius 1 is 1.00 bits per heavy atom. The minimum absolute atomic E-state index is 0.104. The van der Waals surface area contributed by atoms with Crippen LogP contribution in [0.15, 0.2) is 77.6 Å². The van der Waals surface area contributed by atoms with Gasteiger partial charge in [-0.15, -0.1) is 0 Å². The zero-order chi connectivity index (χ0) is 24.2. The van der Waals surface area contributed by atoms with Crippen molar-refractivity contribution >= 4 is 0 Å². The Kier molecular flexibility index (Phi) is 6.84. The van der Waals surface area contributed by atoms with Crippen LogP contribution < -0.4 is 16.0 Å². The van der Waals surface area contributed by atoms with Gasteiger partial charge in [0.1, 0.15) is 17.4 Å². The summed E-state index contributed by atoms with van der Waals surface area (Å²) in [6.45, 7) is 1.84. The quantitative estimate of drug-likeness (QED) is 0.429. The summed E-state index contributed by atoms with van der Waals surface area (Å²) in [5.74, 6) is -0.743. The van der Waals surface area contributed by atoms with E-state index in [4.69, 9.17) is 10.5 Å². The lowest BCUT2D eigenvalue weighted by Crippen LogP contribution is -2.32. The average Bonchev–Trinajstić information content (AvgIpc) is 2.85. The van der Waals surface area contributed by atoms with Gasteiger partial charge in [-0.25, -0.2) is 13.5 Å². The number of nitrogens with zero attached hydrogens (tertiary/aromatic N) is 2. The Hall–Kier alpha value is -3.84. The molecular weight excluding hydrogens is 436 g/mol. The summed E-state index contributed by atoms with van der Waals surface area (Å²) in [4.78, 5) is 13.6. The van der Waals surface area contributed by atoms with Crippen LogP contribution >= 0.6 is 0 Å². The highest BCUT2D eigenvalue weighted by Gasteiger charge is 2.20. The number of ether oxygens (including phenoxy) is 1. The van der Waals surface area contributed by atoms with E-state index < -0.39 is 17.7 Å². The molecule has 0 aliphatic rings. The predicted molar refractivity (Wildman–Crippen MR) is 128 cm³/mol. The fourth-order valence-corrected chi connectivity index (χ4v) is 3.97. The van der Waals surface area contributed by atoms with E-state index in [1.54, 1.807) is 38.3 Å². The first kappa shape index (κ1) is 23.3. The minimum atomic E-state index is -0.664. The van der Waals surface area contributed by atoms with Crippen molar-refractivity contribution in [3.8, 4) is 16.9 Å². The van der Waals surface area contributed by atoms with Crippen molar-refractivity contribution in [3.63, 3.8) is 0 Å². The van der Waals surface area contributed by atoms with Gasteiger partial charge < -0.3 is 10.5 Å². The number of halogens is 2. The second-order valence-corrected chi connectivity index (χ2v) is 8.06. The van der Waals surface area contributed by atoms with Crippen molar-refractivity contribution in [2.24, 2.45) is 5.73 Å². The molecule has 1 unspecified atom stereocenters. The third-order valence-corrected chi connectivity index (χ3v) is 5.86. The summed E-state index contributed by atoms with van der Waals surface area (Å²) in [5, 5.41) is 4.50. The van der Waals surface area contributed by atoms with Crippen LogP contribution in [0.1, 0.15) is 28.4 Å². The van der Waals surface area contributed by atoms with Gasteiger partial charge >= 0.3 is 0 Å².